The van der Waals surface area contributed by atoms with Crippen LogP contribution >= 0.6 is 0 Å². The van der Waals surface area contributed by atoms with E-state index in [1.165, 1.54) is 4.68 Å². The van der Waals surface area contributed by atoms with E-state index in [0.29, 0.717) is 12.1 Å². The van der Waals surface area contributed by atoms with Crippen molar-refractivity contribution >= 4 is 12.7 Å². The molecular formula is C12H18BF3N2O2. The zero-order valence-electron chi connectivity index (χ0n) is 12.2. The van der Waals surface area contributed by atoms with Gasteiger partial charge in [0.05, 0.1) is 16.8 Å². The SMILES string of the molecule is CCn1nc(C(F)(F)F)cc1B1OC(C)(C)C(C)(C)O1. The Morgan fingerprint density at radius 3 is 2.10 bits per heavy atom. The highest BCUT2D eigenvalue weighted by molar-refractivity contribution is 6.61. The monoisotopic (exact) mass is 290 g/mol. The fourth-order valence-corrected chi connectivity index (χ4v) is 1.98. The maximum absolute atomic E-state index is 12.8. The predicted molar refractivity (Wildman–Crippen MR) is 68.6 cm³/mol. The van der Waals surface area contributed by atoms with Gasteiger partial charge in [-0.2, -0.15) is 18.3 Å². The smallest absolute Gasteiger partial charge is 0.398 e. The quantitative estimate of drug-likeness (QED) is 0.784. The first-order valence-corrected chi connectivity index (χ1v) is 6.48. The topological polar surface area (TPSA) is 36.3 Å². The van der Waals surface area contributed by atoms with Crippen molar-refractivity contribution in [3.8, 4) is 0 Å². The van der Waals surface area contributed by atoms with Crippen LogP contribution in [0.3, 0.4) is 0 Å². The first-order valence-electron chi connectivity index (χ1n) is 6.48. The standard InChI is InChI=1S/C12H18BF3N2O2/c1-6-18-9(7-8(17-18)12(14,15)16)13-19-10(2,3)11(4,5)20-13/h7H,6H2,1-5H3. The van der Waals surface area contributed by atoms with Crippen molar-refractivity contribution in [2.45, 2.75) is 58.5 Å². The predicted octanol–water partition coefficient (Wildman–Crippen LogP) is 2.22. The molecule has 0 aromatic carbocycles. The largest absolute Gasteiger partial charge is 0.514 e. The van der Waals surface area contributed by atoms with Crippen LogP contribution in [0.5, 0.6) is 0 Å². The van der Waals surface area contributed by atoms with Crippen LogP contribution in [-0.2, 0) is 22.0 Å². The third-order valence-electron chi connectivity index (χ3n) is 3.90. The molecule has 1 fully saturated rings. The summed E-state index contributed by atoms with van der Waals surface area (Å²) in [5.41, 5.74) is -1.83. The van der Waals surface area contributed by atoms with Gasteiger partial charge in [0.1, 0.15) is 0 Å². The first-order chi connectivity index (χ1) is 8.98. The van der Waals surface area contributed by atoms with E-state index in [0.717, 1.165) is 6.07 Å². The summed E-state index contributed by atoms with van der Waals surface area (Å²) in [5.74, 6) is 0. The first kappa shape index (κ1) is 15.4. The number of halogens is 3. The van der Waals surface area contributed by atoms with Gasteiger partial charge in [-0.3, -0.25) is 4.68 Å². The molecule has 1 aliphatic heterocycles. The third-order valence-corrected chi connectivity index (χ3v) is 3.90. The Kier molecular flexibility index (Phi) is 3.45. The third kappa shape index (κ3) is 2.46. The van der Waals surface area contributed by atoms with E-state index in [4.69, 9.17) is 9.31 Å². The second kappa shape index (κ2) is 4.49. The van der Waals surface area contributed by atoms with E-state index in [2.05, 4.69) is 5.10 Å². The van der Waals surface area contributed by atoms with E-state index in [1.54, 1.807) is 6.92 Å². The highest BCUT2D eigenvalue weighted by Crippen LogP contribution is 2.37. The molecule has 2 heterocycles. The lowest BCUT2D eigenvalue weighted by molar-refractivity contribution is -0.141. The fourth-order valence-electron chi connectivity index (χ4n) is 1.98. The van der Waals surface area contributed by atoms with E-state index < -0.39 is 30.2 Å². The Labute approximate surface area is 116 Å². The average molecular weight is 290 g/mol. The molecule has 0 bridgehead atoms. The van der Waals surface area contributed by atoms with Crippen LogP contribution in [0, 0.1) is 0 Å². The van der Waals surface area contributed by atoms with Gasteiger partial charge >= 0.3 is 13.3 Å². The number of hydrogen-bond acceptors (Lipinski definition) is 3. The Bertz CT molecular complexity index is 495. The molecule has 0 N–H and O–H groups in total. The molecule has 1 saturated heterocycles. The summed E-state index contributed by atoms with van der Waals surface area (Å²) >= 11 is 0. The zero-order chi connectivity index (χ0) is 15.3. The van der Waals surface area contributed by atoms with E-state index in [-0.39, 0.29) is 0 Å². The lowest BCUT2D eigenvalue weighted by Gasteiger charge is -2.32. The fraction of sp³-hybridized carbons (Fsp3) is 0.750. The summed E-state index contributed by atoms with van der Waals surface area (Å²) in [5, 5.41) is 3.57. The molecule has 1 aromatic heterocycles. The molecule has 1 aromatic rings. The summed E-state index contributed by atoms with van der Waals surface area (Å²) in [6, 6.07) is 0.992. The highest BCUT2D eigenvalue weighted by atomic mass is 19.4. The number of aromatic nitrogens is 2. The van der Waals surface area contributed by atoms with E-state index >= 15 is 0 Å². The van der Waals surface area contributed by atoms with Crippen molar-refractivity contribution < 1.29 is 22.5 Å². The van der Waals surface area contributed by atoms with E-state index in [1.807, 2.05) is 27.7 Å². The van der Waals surface area contributed by atoms with Gasteiger partial charge in [0, 0.05) is 6.54 Å². The molecule has 4 nitrogen and oxygen atoms in total. The van der Waals surface area contributed by atoms with Crippen LogP contribution in [0.1, 0.15) is 40.3 Å². The van der Waals surface area contributed by atoms with Crippen LogP contribution in [0.4, 0.5) is 13.2 Å². The van der Waals surface area contributed by atoms with Crippen molar-refractivity contribution in [1.29, 1.82) is 0 Å². The van der Waals surface area contributed by atoms with Gasteiger partial charge in [-0.25, -0.2) is 0 Å². The van der Waals surface area contributed by atoms with Gasteiger partial charge in [0.15, 0.2) is 5.69 Å². The lowest BCUT2D eigenvalue weighted by atomic mass is 9.84. The van der Waals surface area contributed by atoms with Gasteiger partial charge in [-0.05, 0) is 40.7 Å². The Morgan fingerprint density at radius 1 is 1.20 bits per heavy atom. The molecule has 0 aliphatic carbocycles. The van der Waals surface area contributed by atoms with E-state index in [9.17, 15) is 13.2 Å². The minimum atomic E-state index is -4.47. The molecule has 1 aliphatic rings. The van der Waals surface area contributed by atoms with Crippen molar-refractivity contribution in [1.82, 2.24) is 9.78 Å². The summed E-state index contributed by atoms with van der Waals surface area (Å²) in [4.78, 5) is 0. The molecule has 0 saturated carbocycles. The molecule has 0 spiro atoms. The molecule has 112 valence electrons. The zero-order valence-corrected chi connectivity index (χ0v) is 12.2. The van der Waals surface area contributed by atoms with Crippen LogP contribution in [-0.4, -0.2) is 28.1 Å². The molecule has 0 radical (unpaired) electrons. The average Bonchev–Trinajstić information content (AvgIpc) is 2.77. The summed E-state index contributed by atoms with van der Waals surface area (Å²) in [6.07, 6.45) is -4.47. The summed E-state index contributed by atoms with van der Waals surface area (Å²) in [6.45, 7) is 9.45. The Hall–Kier alpha value is -1.02. The lowest BCUT2D eigenvalue weighted by Crippen LogP contribution is -2.41. The Balaban J connectivity index is 2.37. The van der Waals surface area contributed by atoms with Crippen LogP contribution in [0.15, 0.2) is 6.07 Å². The van der Waals surface area contributed by atoms with Gasteiger partial charge in [0.2, 0.25) is 0 Å². The van der Waals surface area contributed by atoms with Gasteiger partial charge < -0.3 is 9.31 Å². The van der Waals surface area contributed by atoms with Crippen molar-refractivity contribution in [3.63, 3.8) is 0 Å². The van der Waals surface area contributed by atoms with Crippen molar-refractivity contribution in [2.75, 3.05) is 0 Å². The molecule has 20 heavy (non-hydrogen) atoms. The molecule has 0 unspecified atom stereocenters. The van der Waals surface area contributed by atoms with Crippen molar-refractivity contribution in [3.05, 3.63) is 11.8 Å². The second-order valence-corrected chi connectivity index (χ2v) is 5.86. The molecular weight excluding hydrogens is 272 g/mol. The maximum Gasteiger partial charge on any atom is 0.514 e. The van der Waals surface area contributed by atoms with Crippen LogP contribution in [0.25, 0.3) is 0 Å². The normalized spacial score (nSPS) is 21.5. The number of rotatable bonds is 2. The number of nitrogens with zero attached hydrogens (tertiary/aromatic N) is 2. The van der Waals surface area contributed by atoms with Crippen molar-refractivity contribution in [2.24, 2.45) is 0 Å². The van der Waals surface area contributed by atoms with Gasteiger partial charge in [0.25, 0.3) is 0 Å². The number of alkyl halides is 3. The number of hydrogen-bond donors (Lipinski definition) is 0. The molecule has 0 atom stereocenters. The minimum Gasteiger partial charge on any atom is -0.398 e. The van der Waals surface area contributed by atoms with Crippen LogP contribution < -0.4 is 5.59 Å². The molecule has 8 heteroatoms. The molecule has 2 rings (SSSR count). The second-order valence-electron chi connectivity index (χ2n) is 5.86. The highest BCUT2D eigenvalue weighted by Gasteiger charge is 2.53. The Morgan fingerprint density at radius 2 is 1.70 bits per heavy atom. The van der Waals surface area contributed by atoms with Gasteiger partial charge in [-0.1, -0.05) is 0 Å². The summed E-state index contributed by atoms with van der Waals surface area (Å²) < 4.78 is 51.1. The maximum atomic E-state index is 12.8. The molecule has 0 amide bonds. The minimum absolute atomic E-state index is 0.290. The van der Waals surface area contributed by atoms with Crippen LogP contribution in [0.2, 0.25) is 0 Å². The summed E-state index contributed by atoms with van der Waals surface area (Å²) in [7, 11) is -0.844. The van der Waals surface area contributed by atoms with Gasteiger partial charge in [-0.15, -0.1) is 0 Å². The number of aryl methyl sites for hydroxylation is 1.